The molecule has 0 heterocycles. The van der Waals surface area contributed by atoms with E-state index in [0.29, 0.717) is 11.5 Å². The van der Waals surface area contributed by atoms with E-state index >= 15 is 0 Å². The number of halogens is 3. The lowest BCUT2D eigenvalue weighted by molar-refractivity contribution is 0.107. The van der Waals surface area contributed by atoms with E-state index in [0.717, 1.165) is 19.0 Å². The average Bonchev–Trinajstić information content (AvgIpc) is 2.46. The minimum atomic E-state index is -0.734. The van der Waals surface area contributed by atoms with Crippen molar-refractivity contribution < 1.29 is 14.6 Å². The van der Waals surface area contributed by atoms with Crippen LogP contribution in [0.15, 0.2) is 49.8 Å². The molecule has 2 aromatic rings. The van der Waals surface area contributed by atoms with Gasteiger partial charge in [0.2, 0.25) is 0 Å². The summed E-state index contributed by atoms with van der Waals surface area (Å²) in [6, 6.07) is 11.1. The van der Waals surface area contributed by atoms with Gasteiger partial charge >= 0.3 is 0 Å². The highest BCUT2D eigenvalue weighted by molar-refractivity contribution is 9.11. The molecule has 0 fully saturated rings. The summed E-state index contributed by atoms with van der Waals surface area (Å²) in [4.78, 5) is 0. The van der Waals surface area contributed by atoms with Crippen LogP contribution >= 0.6 is 47.8 Å². The van der Waals surface area contributed by atoms with Crippen LogP contribution in [0.4, 0.5) is 0 Å². The molecule has 0 spiro atoms. The van der Waals surface area contributed by atoms with Crippen molar-refractivity contribution >= 4 is 47.8 Å². The second-order valence-corrected chi connectivity index (χ2v) is 6.93. The summed E-state index contributed by atoms with van der Waals surface area (Å²) in [5.74, 6) is 1.36. The van der Waals surface area contributed by atoms with Gasteiger partial charge in [-0.1, -0.05) is 28.1 Å². The van der Waals surface area contributed by atoms with Gasteiger partial charge in [0.1, 0.15) is 24.2 Å². The summed E-state index contributed by atoms with van der Waals surface area (Å²) < 4.78 is 13.4. The highest BCUT2D eigenvalue weighted by atomic mass is 79.9. The van der Waals surface area contributed by atoms with Crippen LogP contribution in [0.25, 0.3) is 0 Å². The van der Waals surface area contributed by atoms with E-state index in [9.17, 15) is 5.11 Å². The quantitative estimate of drug-likeness (QED) is 0.647. The molecule has 2 aromatic carbocycles. The van der Waals surface area contributed by atoms with E-state index in [1.807, 2.05) is 30.3 Å². The zero-order valence-corrected chi connectivity index (χ0v) is 15.9. The number of aliphatic hydroxyl groups excluding tert-OH is 1. The number of hydrogen-bond donors (Lipinski definition) is 1. The maximum atomic E-state index is 10.2. The summed E-state index contributed by atoms with van der Waals surface area (Å²) in [7, 11) is 1.60. The number of aliphatic hydroxyl groups is 1. The molecular formula is C15H13Br3O3. The highest BCUT2D eigenvalue weighted by Crippen LogP contribution is 2.37. The number of benzene rings is 2. The van der Waals surface area contributed by atoms with Crippen LogP contribution in [0.3, 0.4) is 0 Å². The second kappa shape index (κ2) is 7.63. The first-order valence-corrected chi connectivity index (χ1v) is 8.48. The van der Waals surface area contributed by atoms with Crippen LogP contribution in [0.5, 0.6) is 11.5 Å². The van der Waals surface area contributed by atoms with Gasteiger partial charge in [0.25, 0.3) is 0 Å². The largest absolute Gasteiger partial charge is 0.497 e. The Morgan fingerprint density at radius 3 is 2.38 bits per heavy atom. The molecule has 1 N–H and O–H groups in total. The van der Waals surface area contributed by atoms with E-state index in [-0.39, 0.29) is 6.61 Å². The Morgan fingerprint density at radius 1 is 1.10 bits per heavy atom. The fraction of sp³-hybridized carbons (Fsp3) is 0.200. The first-order valence-electron chi connectivity index (χ1n) is 6.10. The minimum absolute atomic E-state index is 0.145. The molecule has 0 saturated carbocycles. The van der Waals surface area contributed by atoms with E-state index < -0.39 is 6.10 Å². The van der Waals surface area contributed by atoms with Crippen molar-refractivity contribution in [1.29, 1.82) is 0 Å². The molecule has 0 aromatic heterocycles. The SMILES string of the molecule is COc1cccc(C(O)COc2c(Br)cc(Br)cc2Br)c1. The van der Waals surface area contributed by atoms with Gasteiger partial charge in [-0.25, -0.2) is 0 Å². The van der Waals surface area contributed by atoms with Crippen molar-refractivity contribution in [2.24, 2.45) is 0 Å². The molecule has 0 bridgehead atoms. The Labute approximate surface area is 148 Å². The van der Waals surface area contributed by atoms with Gasteiger partial charge in [0.15, 0.2) is 0 Å². The van der Waals surface area contributed by atoms with Gasteiger partial charge in [0.05, 0.1) is 16.1 Å². The van der Waals surface area contributed by atoms with Crippen molar-refractivity contribution in [3.8, 4) is 11.5 Å². The number of rotatable bonds is 5. The molecule has 21 heavy (non-hydrogen) atoms. The standard InChI is InChI=1S/C15H13Br3O3/c1-20-11-4-2-3-9(5-11)14(19)8-21-15-12(17)6-10(16)7-13(15)18/h2-7,14,19H,8H2,1H3. The number of ether oxygens (including phenoxy) is 2. The topological polar surface area (TPSA) is 38.7 Å². The van der Waals surface area contributed by atoms with Crippen LogP contribution in [0, 0.1) is 0 Å². The Balaban J connectivity index is 2.09. The Bertz CT molecular complexity index is 608. The fourth-order valence-corrected chi connectivity index (χ4v) is 4.26. The van der Waals surface area contributed by atoms with Gasteiger partial charge in [0, 0.05) is 4.47 Å². The summed E-state index contributed by atoms with van der Waals surface area (Å²) in [5.41, 5.74) is 0.749. The molecule has 1 unspecified atom stereocenters. The molecule has 0 saturated heterocycles. The predicted molar refractivity (Wildman–Crippen MR) is 93.0 cm³/mol. The molecule has 6 heteroatoms. The fourth-order valence-electron chi connectivity index (χ4n) is 1.77. The van der Waals surface area contributed by atoms with Gasteiger partial charge in [-0.15, -0.1) is 0 Å². The molecule has 0 amide bonds. The summed E-state index contributed by atoms with van der Waals surface area (Å²) in [5, 5.41) is 10.2. The molecular weight excluding hydrogens is 468 g/mol. The Morgan fingerprint density at radius 2 is 1.76 bits per heavy atom. The Kier molecular flexibility index (Phi) is 6.10. The number of hydrogen-bond acceptors (Lipinski definition) is 3. The first kappa shape index (κ1) is 16.8. The van der Waals surface area contributed by atoms with Crippen LogP contribution in [-0.2, 0) is 0 Å². The lowest BCUT2D eigenvalue weighted by Gasteiger charge is -2.15. The van der Waals surface area contributed by atoms with Crippen molar-refractivity contribution in [2.75, 3.05) is 13.7 Å². The molecule has 2 rings (SSSR count). The first-order chi connectivity index (χ1) is 10.0. The molecule has 112 valence electrons. The normalized spacial score (nSPS) is 12.0. The molecule has 3 nitrogen and oxygen atoms in total. The van der Waals surface area contributed by atoms with Crippen LogP contribution in [0.1, 0.15) is 11.7 Å². The van der Waals surface area contributed by atoms with Crippen molar-refractivity contribution in [1.82, 2.24) is 0 Å². The third kappa shape index (κ3) is 4.45. The third-order valence-electron chi connectivity index (χ3n) is 2.83. The van der Waals surface area contributed by atoms with Crippen LogP contribution in [-0.4, -0.2) is 18.8 Å². The van der Waals surface area contributed by atoms with Crippen LogP contribution in [0.2, 0.25) is 0 Å². The molecule has 1 atom stereocenters. The number of methoxy groups -OCH3 is 1. The maximum absolute atomic E-state index is 10.2. The summed E-state index contributed by atoms with van der Waals surface area (Å²) in [6.45, 7) is 0.145. The maximum Gasteiger partial charge on any atom is 0.147 e. The van der Waals surface area contributed by atoms with Crippen molar-refractivity contribution in [2.45, 2.75) is 6.10 Å². The van der Waals surface area contributed by atoms with Gasteiger partial charge in [-0.3, -0.25) is 0 Å². The highest BCUT2D eigenvalue weighted by Gasteiger charge is 2.13. The zero-order chi connectivity index (χ0) is 15.4. The zero-order valence-electron chi connectivity index (χ0n) is 11.1. The van der Waals surface area contributed by atoms with E-state index in [4.69, 9.17) is 9.47 Å². The van der Waals surface area contributed by atoms with E-state index in [1.54, 1.807) is 13.2 Å². The van der Waals surface area contributed by atoms with Crippen LogP contribution < -0.4 is 9.47 Å². The third-order valence-corrected chi connectivity index (χ3v) is 4.46. The van der Waals surface area contributed by atoms with Crippen molar-refractivity contribution in [3.63, 3.8) is 0 Å². The van der Waals surface area contributed by atoms with Crippen molar-refractivity contribution in [3.05, 3.63) is 55.4 Å². The predicted octanol–water partition coefficient (Wildman–Crippen LogP) is 5.10. The smallest absolute Gasteiger partial charge is 0.147 e. The molecule has 0 radical (unpaired) electrons. The molecule has 0 aliphatic rings. The molecule has 0 aliphatic carbocycles. The van der Waals surface area contributed by atoms with Gasteiger partial charge < -0.3 is 14.6 Å². The minimum Gasteiger partial charge on any atom is -0.497 e. The summed E-state index contributed by atoms with van der Waals surface area (Å²) in [6.07, 6.45) is -0.734. The lowest BCUT2D eigenvalue weighted by Crippen LogP contribution is -2.10. The van der Waals surface area contributed by atoms with Gasteiger partial charge in [-0.05, 0) is 61.7 Å². The summed E-state index contributed by atoms with van der Waals surface area (Å²) >= 11 is 10.3. The van der Waals surface area contributed by atoms with E-state index in [2.05, 4.69) is 47.8 Å². The van der Waals surface area contributed by atoms with E-state index in [1.165, 1.54) is 0 Å². The lowest BCUT2D eigenvalue weighted by atomic mass is 10.1. The Hall–Kier alpha value is -0.560. The monoisotopic (exact) mass is 478 g/mol. The van der Waals surface area contributed by atoms with Gasteiger partial charge in [-0.2, -0.15) is 0 Å². The molecule has 0 aliphatic heterocycles. The second-order valence-electron chi connectivity index (χ2n) is 4.30. The average molecular weight is 481 g/mol.